The van der Waals surface area contributed by atoms with Crippen molar-refractivity contribution in [3.8, 4) is 5.75 Å². The first-order chi connectivity index (χ1) is 12.0. The molecule has 0 saturated heterocycles. The lowest BCUT2D eigenvalue weighted by molar-refractivity contribution is 0.0932. The Bertz CT molecular complexity index is 703. The number of hydrogen-bond acceptors (Lipinski definition) is 5. The number of nitrogens with one attached hydrogen (secondary N) is 1. The molecule has 7 heteroatoms. The molecule has 25 heavy (non-hydrogen) atoms. The molecule has 0 aliphatic heterocycles. The van der Waals surface area contributed by atoms with Crippen LogP contribution in [0.2, 0.25) is 5.02 Å². The highest BCUT2D eigenvalue weighted by atomic mass is 35.5. The number of anilines is 1. The Morgan fingerprint density at radius 3 is 2.68 bits per heavy atom. The molecule has 0 bridgehead atoms. The predicted octanol–water partition coefficient (Wildman–Crippen LogP) is 3.81. The van der Waals surface area contributed by atoms with Crippen molar-refractivity contribution < 1.29 is 9.53 Å². The smallest absolute Gasteiger partial charge is 0.255 e. The molecule has 1 heterocycles. The summed E-state index contributed by atoms with van der Waals surface area (Å²) in [7, 11) is 1.50. The first-order valence-corrected chi connectivity index (χ1v) is 9.51. The Morgan fingerprint density at radius 2 is 2.12 bits per heavy atom. The van der Waals surface area contributed by atoms with E-state index in [4.69, 9.17) is 22.1 Å². The normalized spacial score (nSPS) is 12.2. The quantitative estimate of drug-likeness (QED) is 0.682. The van der Waals surface area contributed by atoms with E-state index in [-0.39, 0.29) is 11.9 Å². The number of nitrogen functional groups attached to an aromatic ring is 1. The van der Waals surface area contributed by atoms with Crippen LogP contribution >= 0.6 is 22.9 Å². The number of carbonyl (C=O) groups is 1. The molecule has 1 aromatic heterocycles. The van der Waals surface area contributed by atoms with Crippen LogP contribution in [0.25, 0.3) is 0 Å². The molecule has 1 atom stereocenters. The van der Waals surface area contributed by atoms with Crippen LogP contribution in [0.3, 0.4) is 0 Å². The molecule has 0 fully saturated rings. The van der Waals surface area contributed by atoms with Crippen LogP contribution in [0, 0.1) is 0 Å². The molecule has 1 amide bonds. The van der Waals surface area contributed by atoms with Gasteiger partial charge in [-0.05, 0) is 41.5 Å². The maximum Gasteiger partial charge on any atom is 0.255 e. The summed E-state index contributed by atoms with van der Waals surface area (Å²) < 4.78 is 5.26. The summed E-state index contributed by atoms with van der Waals surface area (Å²) in [6.07, 6.45) is 0. The van der Waals surface area contributed by atoms with E-state index in [1.54, 1.807) is 23.5 Å². The third-order valence-corrected chi connectivity index (χ3v) is 5.23. The zero-order valence-corrected chi connectivity index (χ0v) is 16.3. The van der Waals surface area contributed by atoms with Gasteiger partial charge >= 0.3 is 0 Å². The van der Waals surface area contributed by atoms with Crippen LogP contribution in [-0.4, -0.2) is 37.6 Å². The molecule has 5 nitrogen and oxygen atoms in total. The van der Waals surface area contributed by atoms with Crippen LogP contribution < -0.4 is 15.8 Å². The second-order valence-corrected chi connectivity index (χ2v) is 6.76. The van der Waals surface area contributed by atoms with E-state index in [1.807, 2.05) is 0 Å². The van der Waals surface area contributed by atoms with Gasteiger partial charge in [0, 0.05) is 12.6 Å². The summed E-state index contributed by atoms with van der Waals surface area (Å²) in [6.45, 7) is 6.55. The molecule has 0 radical (unpaired) electrons. The average Bonchev–Trinajstić information content (AvgIpc) is 3.14. The van der Waals surface area contributed by atoms with E-state index >= 15 is 0 Å². The minimum absolute atomic E-state index is 0.125. The minimum Gasteiger partial charge on any atom is -0.496 e. The highest BCUT2D eigenvalue weighted by molar-refractivity contribution is 7.07. The number of ether oxygens (including phenoxy) is 1. The van der Waals surface area contributed by atoms with E-state index in [0.717, 1.165) is 13.1 Å². The third-order valence-electron chi connectivity index (χ3n) is 4.20. The summed E-state index contributed by atoms with van der Waals surface area (Å²) in [6, 6.07) is 5.33. The number of nitrogens with two attached hydrogens (primary N) is 1. The number of hydrogen-bond donors (Lipinski definition) is 2. The van der Waals surface area contributed by atoms with Crippen molar-refractivity contribution in [2.24, 2.45) is 0 Å². The van der Waals surface area contributed by atoms with Crippen molar-refractivity contribution in [3.05, 3.63) is 45.1 Å². The van der Waals surface area contributed by atoms with Gasteiger partial charge in [-0.2, -0.15) is 11.3 Å². The zero-order chi connectivity index (χ0) is 18.4. The van der Waals surface area contributed by atoms with Gasteiger partial charge in [0.25, 0.3) is 5.91 Å². The Balaban J connectivity index is 2.18. The van der Waals surface area contributed by atoms with Gasteiger partial charge in [0.1, 0.15) is 5.75 Å². The molecular formula is C18H24ClN3O2S. The van der Waals surface area contributed by atoms with E-state index in [2.05, 4.69) is 40.9 Å². The number of carbonyl (C=O) groups excluding carboxylic acids is 1. The molecule has 0 saturated carbocycles. The lowest BCUT2D eigenvalue weighted by atomic mass is 10.1. The fourth-order valence-corrected chi connectivity index (χ4v) is 3.66. The van der Waals surface area contributed by atoms with Crippen molar-refractivity contribution in [1.29, 1.82) is 0 Å². The van der Waals surface area contributed by atoms with Crippen LogP contribution in [-0.2, 0) is 0 Å². The van der Waals surface area contributed by atoms with Gasteiger partial charge in [-0.15, -0.1) is 0 Å². The predicted molar refractivity (Wildman–Crippen MR) is 105 cm³/mol. The average molecular weight is 382 g/mol. The Morgan fingerprint density at radius 1 is 1.40 bits per heavy atom. The molecule has 2 rings (SSSR count). The summed E-state index contributed by atoms with van der Waals surface area (Å²) in [4.78, 5) is 15.0. The van der Waals surface area contributed by atoms with E-state index in [0.29, 0.717) is 28.6 Å². The van der Waals surface area contributed by atoms with Crippen molar-refractivity contribution in [1.82, 2.24) is 10.2 Å². The van der Waals surface area contributed by atoms with E-state index < -0.39 is 0 Å². The van der Waals surface area contributed by atoms with Gasteiger partial charge < -0.3 is 15.8 Å². The van der Waals surface area contributed by atoms with Crippen molar-refractivity contribution >= 4 is 34.5 Å². The minimum atomic E-state index is -0.230. The van der Waals surface area contributed by atoms with Gasteiger partial charge in [0.15, 0.2) is 0 Å². The summed E-state index contributed by atoms with van der Waals surface area (Å²) >= 11 is 7.71. The second kappa shape index (κ2) is 9.08. The van der Waals surface area contributed by atoms with Crippen molar-refractivity contribution in [2.75, 3.05) is 32.5 Å². The third kappa shape index (κ3) is 4.66. The van der Waals surface area contributed by atoms with Crippen molar-refractivity contribution in [3.63, 3.8) is 0 Å². The summed E-state index contributed by atoms with van der Waals surface area (Å²) in [5.41, 5.74) is 7.75. The Labute approximate surface area is 157 Å². The largest absolute Gasteiger partial charge is 0.496 e. The first-order valence-electron chi connectivity index (χ1n) is 8.19. The van der Waals surface area contributed by atoms with Gasteiger partial charge in [0.2, 0.25) is 0 Å². The number of nitrogens with zero attached hydrogens (tertiary/aromatic N) is 1. The Hall–Kier alpha value is -1.76. The van der Waals surface area contributed by atoms with Crippen molar-refractivity contribution in [2.45, 2.75) is 19.9 Å². The highest BCUT2D eigenvalue weighted by Gasteiger charge is 2.21. The molecule has 3 N–H and O–H groups in total. The van der Waals surface area contributed by atoms with E-state index in [1.165, 1.54) is 12.7 Å². The Kier molecular flexibility index (Phi) is 7.11. The summed E-state index contributed by atoms with van der Waals surface area (Å²) in [5, 5.41) is 7.51. The molecule has 0 aliphatic rings. The fourth-order valence-electron chi connectivity index (χ4n) is 2.79. The molecule has 136 valence electrons. The van der Waals surface area contributed by atoms with Gasteiger partial charge in [-0.1, -0.05) is 25.4 Å². The maximum atomic E-state index is 12.7. The fraction of sp³-hybridized carbons (Fsp3) is 0.389. The van der Waals surface area contributed by atoms with Gasteiger partial charge in [-0.3, -0.25) is 9.69 Å². The molecule has 1 aromatic carbocycles. The topological polar surface area (TPSA) is 67.6 Å². The number of halogens is 1. The van der Waals surface area contributed by atoms with Crippen LogP contribution in [0.15, 0.2) is 29.0 Å². The van der Waals surface area contributed by atoms with Crippen LogP contribution in [0.5, 0.6) is 5.75 Å². The van der Waals surface area contributed by atoms with Gasteiger partial charge in [-0.25, -0.2) is 0 Å². The number of likely N-dealkylation sites (N-methyl/N-ethyl adjacent to an activating group) is 1. The molecule has 0 spiro atoms. The highest BCUT2D eigenvalue weighted by Crippen LogP contribution is 2.29. The van der Waals surface area contributed by atoms with Crippen LogP contribution in [0.4, 0.5) is 5.69 Å². The number of benzene rings is 1. The molecule has 1 unspecified atom stereocenters. The number of rotatable bonds is 8. The van der Waals surface area contributed by atoms with Crippen LogP contribution in [0.1, 0.15) is 35.8 Å². The first kappa shape index (κ1) is 19.6. The molecular weight excluding hydrogens is 358 g/mol. The summed E-state index contributed by atoms with van der Waals surface area (Å²) in [5.74, 6) is 0.181. The van der Waals surface area contributed by atoms with Gasteiger partial charge in [0.05, 0.1) is 29.4 Å². The number of amides is 1. The second-order valence-electron chi connectivity index (χ2n) is 5.58. The number of thiophene rings is 1. The molecule has 0 aliphatic carbocycles. The standard InChI is InChI=1S/C18H24ClN3O2S/c1-4-22(5-2)16(12-6-7-25-11-12)10-21-18(23)13-8-14(19)15(20)9-17(13)24-3/h6-9,11,16H,4-5,10,20H2,1-3H3,(H,21,23). The maximum absolute atomic E-state index is 12.7. The number of methoxy groups -OCH3 is 1. The monoisotopic (exact) mass is 381 g/mol. The lowest BCUT2D eigenvalue weighted by Crippen LogP contribution is -2.38. The molecule has 2 aromatic rings. The lowest BCUT2D eigenvalue weighted by Gasteiger charge is -2.29. The van der Waals surface area contributed by atoms with E-state index in [9.17, 15) is 4.79 Å². The SMILES string of the molecule is CCN(CC)C(CNC(=O)c1cc(Cl)c(N)cc1OC)c1ccsc1. The zero-order valence-electron chi connectivity index (χ0n) is 14.7.